The first-order chi connectivity index (χ1) is 14.1. The van der Waals surface area contributed by atoms with Crippen LogP contribution in [0.3, 0.4) is 0 Å². The van der Waals surface area contributed by atoms with Gasteiger partial charge in [-0.05, 0) is 52.8 Å². The number of aryl methyl sites for hydroxylation is 1. The van der Waals surface area contributed by atoms with Crippen molar-refractivity contribution in [2.75, 3.05) is 0 Å². The Kier molecular flexibility index (Phi) is 5.75. The van der Waals surface area contributed by atoms with E-state index >= 15 is 4.39 Å². The molecule has 4 rings (SSSR count). The maximum Gasteiger partial charge on any atom is 0.159 e. The van der Waals surface area contributed by atoms with Gasteiger partial charge in [-0.3, -0.25) is 0 Å². The summed E-state index contributed by atoms with van der Waals surface area (Å²) in [7, 11) is 0. The lowest BCUT2D eigenvalue weighted by atomic mass is 9.97. The fourth-order valence-electron chi connectivity index (χ4n) is 4.27. The van der Waals surface area contributed by atoms with Gasteiger partial charge in [0.25, 0.3) is 0 Å². The molecule has 0 bridgehead atoms. The van der Waals surface area contributed by atoms with E-state index in [1.54, 1.807) is 6.07 Å². The van der Waals surface area contributed by atoms with E-state index < -0.39 is 11.6 Å². The molecule has 0 aromatic heterocycles. The largest absolute Gasteiger partial charge is 0.206 e. The molecule has 0 radical (unpaired) electrons. The predicted octanol–water partition coefficient (Wildman–Crippen LogP) is 7.86. The van der Waals surface area contributed by atoms with E-state index in [0.29, 0.717) is 23.1 Å². The van der Waals surface area contributed by atoms with Crippen LogP contribution in [0.2, 0.25) is 0 Å². The highest BCUT2D eigenvalue weighted by molar-refractivity contribution is 5.81. The number of rotatable bonds is 7. The summed E-state index contributed by atoms with van der Waals surface area (Å²) < 4.78 is 42.1. The fourth-order valence-corrected chi connectivity index (χ4v) is 4.27. The second kappa shape index (κ2) is 8.44. The lowest BCUT2D eigenvalue weighted by Gasteiger charge is -2.09. The maximum absolute atomic E-state index is 15.3. The van der Waals surface area contributed by atoms with Crippen molar-refractivity contribution in [2.24, 2.45) is 0 Å². The van der Waals surface area contributed by atoms with Crippen LogP contribution in [0, 0.1) is 17.5 Å². The van der Waals surface area contributed by atoms with Crippen molar-refractivity contribution in [2.45, 2.75) is 51.9 Å². The third kappa shape index (κ3) is 3.96. The molecule has 0 heterocycles. The van der Waals surface area contributed by atoms with Crippen molar-refractivity contribution in [3.63, 3.8) is 0 Å². The Labute approximate surface area is 170 Å². The van der Waals surface area contributed by atoms with Crippen LogP contribution < -0.4 is 0 Å². The normalized spacial score (nSPS) is 12.1. The Bertz CT molecular complexity index is 1040. The number of fused-ring (bicyclic) bond motifs is 3. The summed E-state index contributed by atoms with van der Waals surface area (Å²) in [5, 5.41) is 0. The number of hydrogen-bond donors (Lipinski definition) is 0. The number of benzene rings is 3. The third-order valence-electron chi connectivity index (χ3n) is 5.87. The smallest absolute Gasteiger partial charge is 0.159 e. The van der Waals surface area contributed by atoms with E-state index in [4.69, 9.17) is 0 Å². The van der Waals surface area contributed by atoms with Crippen LogP contribution in [0.5, 0.6) is 0 Å². The van der Waals surface area contributed by atoms with Crippen LogP contribution in [-0.4, -0.2) is 0 Å². The first-order valence-corrected chi connectivity index (χ1v) is 10.5. The molecule has 0 spiro atoms. The van der Waals surface area contributed by atoms with Crippen LogP contribution in [-0.2, 0) is 12.8 Å². The Hall–Kier alpha value is -2.55. The summed E-state index contributed by atoms with van der Waals surface area (Å²) >= 11 is 0. The van der Waals surface area contributed by atoms with E-state index in [1.807, 2.05) is 6.07 Å². The van der Waals surface area contributed by atoms with Gasteiger partial charge in [0.2, 0.25) is 0 Å². The molecule has 3 aromatic rings. The van der Waals surface area contributed by atoms with Gasteiger partial charge in [0.15, 0.2) is 11.6 Å². The van der Waals surface area contributed by atoms with Gasteiger partial charge < -0.3 is 0 Å². The van der Waals surface area contributed by atoms with Crippen molar-refractivity contribution in [3.05, 3.63) is 82.7 Å². The van der Waals surface area contributed by atoms with Gasteiger partial charge in [-0.15, -0.1) is 0 Å². The number of halogens is 3. The molecule has 0 atom stereocenters. The van der Waals surface area contributed by atoms with Crippen molar-refractivity contribution < 1.29 is 13.2 Å². The number of unbranched alkanes of at least 4 members (excludes halogenated alkanes) is 4. The summed E-state index contributed by atoms with van der Waals surface area (Å²) in [5.74, 6) is -2.23. The summed E-state index contributed by atoms with van der Waals surface area (Å²) in [4.78, 5) is 0. The molecule has 1 aliphatic rings. The highest BCUT2D eigenvalue weighted by atomic mass is 19.2. The van der Waals surface area contributed by atoms with Crippen molar-refractivity contribution in [1.29, 1.82) is 0 Å². The molecule has 0 saturated carbocycles. The molecule has 3 aromatic carbocycles. The Morgan fingerprint density at radius 2 is 1.48 bits per heavy atom. The van der Waals surface area contributed by atoms with Gasteiger partial charge >= 0.3 is 0 Å². The molecule has 0 nitrogen and oxygen atoms in total. The lowest BCUT2D eigenvalue weighted by Crippen LogP contribution is -1.94. The molecule has 3 heteroatoms. The van der Waals surface area contributed by atoms with Crippen LogP contribution in [0.25, 0.3) is 22.3 Å². The zero-order valence-corrected chi connectivity index (χ0v) is 16.7. The second-order valence-electron chi connectivity index (χ2n) is 7.91. The molecular weight excluding hydrogens is 369 g/mol. The van der Waals surface area contributed by atoms with Gasteiger partial charge in [0.05, 0.1) is 0 Å². The van der Waals surface area contributed by atoms with Crippen molar-refractivity contribution in [3.8, 4) is 22.3 Å². The standard InChI is InChI=1S/C26H25F3/c1-2-3-4-5-6-7-17-8-10-20-19(14-17)15-23-22(20)12-11-21(26(23)29)18-9-13-24(27)25(28)16-18/h8-14,16H,2-7,15H2,1H3. The first kappa shape index (κ1) is 19.8. The monoisotopic (exact) mass is 394 g/mol. The lowest BCUT2D eigenvalue weighted by molar-refractivity contribution is 0.509. The van der Waals surface area contributed by atoms with E-state index in [-0.39, 0.29) is 5.82 Å². The minimum Gasteiger partial charge on any atom is -0.206 e. The van der Waals surface area contributed by atoms with Crippen molar-refractivity contribution >= 4 is 0 Å². The summed E-state index contributed by atoms with van der Waals surface area (Å²) in [6, 6.07) is 13.5. The fraction of sp³-hybridized carbons (Fsp3) is 0.308. The van der Waals surface area contributed by atoms with Gasteiger partial charge in [-0.1, -0.05) is 69.0 Å². The van der Waals surface area contributed by atoms with Crippen LogP contribution in [0.4, 0.5) is 13.2 Å². The third-order valence-corrected chi connectivity index (χ3v) is 5.87. The molecule has 0 saturated heterocycles. The Morgan fingerprint density at radius 1 is 0.724 bits per heavy atom. The molecule has 150 valence electrons. The molecule has 1 aliphatic carbocycles. The average molecular weight is 394 g/mol. The molecule has 0 fully saturated rings. The second-order valence-corrected chi connectivity index (χ2v) is 7.91. The SMILES string of the molecule is CCCCCCCc1ccc2c(c1)Cc1c-2ccc(-c2ccc(F)c(F)c2)c1F. The molecule has 0 unspecified atom stereocenters. The minimum atomic E-state index is -0.964. The topological polar surface area (TPSA) is 0 Å². The van der Waals surface area contributed by atoms with E-state index in [0.717, 1.165) is 35.2 Å². The Balaban J connectivity index is 1.56. The van der Waals surface area contributed by atoms with Crippen LogP contribution in [0.1, 0.15) is 55.7 Å². The van der Waals surface area contributed by atoms with E-state index in [2.05, 4.69) is 25.1 Å². The first-order valence-electron chi connectivity index (χ1n) is 10.5. The maximum atomic E-state index is 15.3. The molecule has 0 aliphatic heterocycles. The summed E-state index contributed by atoms with van der Waals surface area (Å²) in [6.45, 7) is 2.22. The van der Waals surface area contributed by atoms with Gasteiger partial charge in [-0.25, -0.2) is 13.2 Å². The van der Waals surface area contributed by atoms with E-state index in [9.17, 15) is 8.78 Å². The zero-order valence-electron chi connectivity index (χ0n) is 16.7. The van der Waals surface area contributed by atoms with Gasteiger partial charge in [0, 0.05) is 17.5 Å². The van der Waals surface area contributed by atoms with E-state index in [1.165, 1.54) is 43.7 Å². The molecule has 0 amide bonds. The van der Waals surface area contributed by atoms with Gasteiger partial charge in [-0.2, -0.15) is 0 Å². The average Bonchev–Trinajstić information content (AvgIpc) is 3.09. The highest BCUT2D eigenvalue weighted by Crippen LogP contribution is 2.41. The Morgan fingerprint density at radius 3 is 2.28 bits per heavy atom. The quantitative estimate of drug-likeness (QED) is 0.280. The predicted molar refractivity (Wildman–Crippen MR) is 112 cm³/mol. The van der Waals surface area contributed by atoms with Crippen molar-refractivity contribution in [1.82, 2.24) is 0 Å². The zero-order chi connectivity index (χ0) is 20.4. The highest BCUT2D eigenvalue weighted by Gasteiger charge is 2.24. The summed E-state index contributed by atoms with van der Waals surface area (Å²) in [6.07, 6.45) is 7.84. The minimum absolute atomic E-state index is 0.312. The van der Waals surface area contributed by atoms with Gasteiger partial charge in [0.1, 0.15) is 5.82 Å². The molecular formula is C26H25F3. The van der Waals surface area contributed by atoms with Crippen LogP contribution >= 0.6 is 0 Å². The summed E-state index contributed by atoms with van der Waals surface area (Å²) in [5.41, 5.74) is 5.73. The number of hydrogen-bond acceptors (Lipinski definition) is 0. The van der Waals surface area contributed by atoms with Crippen LogP contribution in [0.15, 0.2) is 48.5 Å². The molecule has 29 heavy (non-hydrogen) atoms. The molecule has 0 N–H and O–H groups in total.